The highest BCUT2D eigenvalue weighted by atomic mass is 35.5. The zero-order valence-electron chi connectivity index (χ0n) is 10.0. The topological polar surface area (TPSA) is 48.3 Å². The normalized spacial score (nSPS) is 13.4. The van der Waals surface area contributed by atoms with E-state index >= 15 is 0 Å². The van der Waals surface area contributed by atoms with Crippen molar-refractivity contribution < 1.29 is 9.47 Å². The van der Waals surface area contributed by atoms with Crippen molar-refractivity contribution in [1.82, 2.24) is 15.1 Å². The van der Waals surface area contributed by atoms with Gasteiger partial charge < -0.3 is 14.8 Å². The molecule has 1 heterocycles. The number of rotatable bonds is 6. The van der Waals surface area contributed by atoms with E-state index in [0.29, 0.717) is 5.02 Å². The van der Waals surface area contributed by atoms with Gasteiger partial charge in [-0.25, -0.2) is 0 Å². The molecular weight excluding hydrogens is 230 g/mol. The second-order valence-corrected chi connectivity index (χ2v) is 3.71. The van der Waals surface area contributed by atoms with Crippen LogP contribution in [0, 0.1) is 0 Å². The van der Waals surface area contributed by atoms with E-state index in [2.05, 4.69) is 10.4 Å². The van der Waals surface area contributed by atoms with E-state index in [9.17, 15) is 0 Å². The summed E-state index contributed by atoms with van der Waals surface area (Å²) in [7, 11) is 5.02. The van der Waals surface area contributed by atoms with E-state index in [1.807, 2.05) is 18.7 Å². The number of aryl methyl sites for hydroxylation is 1. The Bertz CT molecular complexity index is 326. The quantitative estimate of drug-likeness (QED) is 0.773. The van der Waals surface area contributed by atoms with Crippen LogP contribution in [0.4, 0.5) is 0 Å². The molecule has 0 saturated heterocycles. The predicted molar refractivity (Wildman–Crippen MR) is 62.5 cm³/mol. The summed E-state index contributed by atoms with van der Waals surface area (Å²) in [6.45, 7) is 2.76. The van der Waals surface area contributed by atoms with Gasteiger partial charge in [0.05, 0.1) is 16.9 Å². The van der Waals surface area contributed by atoms with E-state index in [1.165, 1.54) is 0 Å². The molecule has 6 heteroatoms. The van der Waals surface area contributed by atoms with Crippen molar-refractivity contribution in [2.45, 2.75) is 25.8 Å². The Morgan fingerprint density at radius 3 is 2.56 bits per heavy atom. The second-order valence-electron chi connectivity index (χ2n) is 3.30. The molecule has 5 nitrogen and oxygen atoms in total. The molecule has 1 rings (SSSR count). The average molecular weight is 248 g/mol. The number of nitrogens with one attached hydrogen (secondary N) is 1. The maximum Gasteiger partial charge on any atom is 0.177 e. The molecule has 0 saturated carbocycles. The van der Waals surface area contributed by atoms with E-state index in [4.69, 9.17) is 21.1 Å². The SMILES string of the molecule is CCn1ncc(Cl)c1C(NC)C(OC)OC. The number of nitrogens with zero attached hydrogens (tertiary/aromatic N) is 2. The van der Waals surface area contributed by atoms with Crippen molar-refractivity contribution in [2.24, 2.45) is 0 Å². The van der Waals surface area contributed by atoms with Crippen LogP contribution in [-0.4, -0.2) is 37.3 Å². The monoisotopic (exact) mass is 247 g/mol. The van der Waals surface area contributed by atoms with Gasteiger partial charge in [-0.05, 0) is 14.0 Å². The lowest BCUT2D eigenvalue weighted by atomic mass is 10.2. The van der Waals surface area contributed by atoms with Gasteiger partial charge in [-0.3, -0.25) is 4.68 Å². The van der Waals surface area contributed by atoms with E-state index in [-0.39, 0.29) is 6.04 Å². The largest absolute Gasteiger partial charge is 0.354 e. The number of halogens is 1. The van der Waals surface area contributed by atoms with Gasteiger partial charge in [0.25, 0.3) is 0 Å². The summed E-state index contributed by atoms with van der Waals surface area (Å²) >= 11 is 6.12. The highest BCUT2D eigenvalue weighted by Gasteiger charge is 2.27. The van der Waals surface area contributed by atoms with Gasteiger partial charge >= 0.3 is 0 Å². The standard InChI is InChI=1S/C10H18ClN3O2/c1-5-14-9(7(11)6-13-14)8(12-2)10(15-3)16-4/h6,8,10,12H,5H2,1-4H3. The number of ether oxygens (including phenoxy) is 2. The number of hydrogen-bond acceptors (Lipinski definition) is 4. The summed E-state index contributed by atoms with van der Waals surface area (Å²) in [6.07, 6.45) is 1.23. The number of likely N-dealkylation sites (N-methyl/N-ethyl adjacent to an activating group) is 1. The molecule has 16 heavy (non-hydrogen) atoms. The lowest BCUT2D eigenvalue weighted by Gasteiger charge is -2.25. The van der Waals surface area contributed by atoms with Gasteiger partial charge in [-0.15, -0.1) is 0 Å². The molecule has 0 radical (unpaired) electrons. The minimum atomic E-state index is -0.399. The molecule has 0 amide bonds. The summed E-state index contributed by atoms with van der Waals surface area (Å²) in [5.74, 6) is 0. The molecule has 1 atom stereocenters. The first kappa shape index (κ1) is 13.4. The minimum Gasteiger partial charge on any atom is -0.354 e. The first-order chi connectivity index (χ1) is 7.69. The third kappa shape index (κ3) is 2.55. The zero-order valence-corrected chi connectivity index (χ0v) is 10.8. The Morgan fingerprint density at radius 2 is 2.12 bits per heavy atom. The molecule has 0 aliphatic heterocycles. The van der Waals surface area contributed by atoms with Crippen molar-refractivity contribution in [2.75, 3.05) is 21.3 Å². The van der Waals surface area contributed by atoms with Crippen molar-refractivity contribution in [3.63, 3.8) is 0 Å². The minimum absolute atomic E-state index is 0.148. The van der Waals surface area contributed by atoms with Crippen molar-refractivity contribution in [3.05, 3.63) is 16.9 Å². The average Bonchev–Trinajstić information content (AvgIpc) is 2.67. The fourth-order valence-corrected chi connectivity index (χ4v) is 1.96. The van der Waals surface area contributed by atoms with Gasteiger partial charge in [0, 0.05) is 20.8 Å². The highest BCUT2D eigenvalue weighted by Crippen LogP contribution is 2.26. The Morgan fingerprint density at radius 1 is 1.50 bits per heavy atom. The predicted octanol–water partition coefficient (Wildman–Crippen LogP) is 1.44. The molecule has 1 aromatic heterocycles. The van der Waals surface area contributed by atoms with E-state index in [0.717, 1.165) is 12.2 Å². The molecular formula is C10H18ClN3O2. The molecule has 1 unspecified atom stereocenters. The van der Waals surface area contributed by atoms with Gasteiger partial charge in [0.2, 0.25) is 0 Å². The summed E-state index contributed by atoms with van der Waals surface area (Å²) in [4.78, 5) is 0. The van der Waals surface area contributed by atoms with Crippen LogP contribution in [0.15, 0.2) is 6.20 Å². The first-order valence-corrected chi connectivity index (χ1v) is 5.51. The van der Waals surface area contributed by atoms with Crippen LogP contribution >= 0.6 is 11.6 Å². The number of aromatic nitrogens is 2. The van der Waals surface area contributed by atoms with Crippen LogP contribution in [0.5, 0.6) is 0 Å². The van der Waals surface area contributed by atoms with Gasteiger partial charge in [0.1, 0.15) is 6.04 Å². The van der Waals surface area contributed by atoms with Crippen molar-refractivity contribution in [3.8, 4) is 0 Å². The second kappa shape index (κ2) is 6.20. The molecule has 1 aromatic rings. The summed E-state index contributed by atoms with van der Waals surface area (Å²) in [5, 5.41) is 7.93. The van der Waals surface area contributed by atoms with Crippen LogP contribution in [0.3, 0.4) is 0 Å². The Hall–Kier alpha value is -0.620. The van der Waals surface area contributed by atoms with Gasteiger partial charge in [0.15, 0.2) is 6.29 Å². The maximum atomic E-state index is 6.12. The van der Waals surface area contributed by atoms with Crippen LogP contribution in [0.25, 0.3) is 0 Å². The molecule has 0 aliphatic rings. The van der Waals surface area contributed by atoms with E-state index in [1.54, 1.807) is 20.4 Å². The van der Waals surface area contributed by atoms with Crippen molar-refractivity contribution >= 4 is 11.6 Å². The molecule has 92 valence electrons. The molecule has 0 aromatic carbocycles. The Kier molecular flexibility index (Phi) is 5.21. The number of hydrogen-bond donors (Lipinski definition) is 1. The van der Waals surface area contributed by atoms with E-state index < -0.39 is 6.29 Å². The smallest absolute Gasteiger partial charge is 0.177 e. The highest BCUT2D eigenvalue weighted by molar-refractivity contribution is 6.31. The third-order valence-electron chi connectivity index (χ3n) is 2.48. The Balaban J connectivity index is 3.06. The van der Waals surface area contributed by atoms with Gasteiger partial charge in [-0.1, -0.05) is 11.6 Å². The zero-order chi connectivity index (χ0) is 12.1. The fraction of sp³-hybridized carbons (Fsp3) is 0.700. The molecule has 1 N–H and O–H groups in total. The van der Waals surface area contributed by atoms with Crippen LogP contribution in [0.2, 0.25) is 5.02 Å². The first-order valence-electron chi connectivity index (χ1n) is 5.13. The molecule has 0 spiro atoms. The van der Waals surface area contributed by atoms with Crippen LogP contribution in [0.1, 0.15) is 18.7 Å². The lowest BCUT2D eigenvalue weighted by Crippen LogP contribution is -2.34. The van der Waals surface area contributed by atoms with Crippen LogP contribution in [-0.2, 0) is 16.0 Å². The number of methoxy groups -OCH3 is 2. The Labute approximate surface area is 101 Å². The summed E-state index contributed by atoms with van der Waals surface area (Å²) in [5.41, 5.74) is 0.875. The fourth-order valence-electron chi connectivity index (χ4n) is 1.70. The lowest BCUT2D eigenvalue weighted by molar-refractivity contribution is -0.124. The maximum absolute atomic E-state index is 6.12. The summed E-state index contributed by atoms with van der Waals surface area (Å²) < 4.78 is 12.3. The van der Waals surface area contributed by atoms with Crippen molar-refractivity contribution in [1.29, 1.82) is 0 Å². The molecule has 0 fully saturated rings. The van der Waals surface area contributed by atoms with Gasteiger partial charge in [-0.2, -0.15) is 5.10 Å². The third-order valence-corrected chi connectivity index (χ3v) is 2.77. The molecule has 0 bridgehead atoms. The van der Waals surface area contributed by atoms with Crippen LogP contribution < -0.4 is 5.32 Å². The summed E-state index contributed by atoms with van der Waals surface area (Å²) in [6, 6.07) is -0.148. The molecule has 0 aliphatic carbocycles.